The Kier molecular flexibility index (Phi) is 3.28. The van der Waals surface area contributed by atoms with E-state index in [1.165, 1.54) is 11.3 Å². The van der Waals surface area contributed by atoms with E-state index in [2.05, 4.69) is 0 Å². The van der Waals surface area contributed by atoms with Gasteiger partial charge in [0.15, 0.2) is 0 Å². The van der Waals surface area contributed by atoms with E-state index in [-0.39, 0.29) is 18.7 Å². The molecule has 2 aromatic heterocycles. The van der Waals surface area contributed by atoms with Crippen LogP contribution >= 0.6 is 22.7 Å². The van der Waals surface area contributed by atoms with Crippen molar-refractivity contribution in [3.8, 4) is 0 Å². The summed E-state index contributed by atoms with van der Waals surface area (Å²) in [5.74, 6) is -0.285. The number of rotatable bonds is 3. The summed E-state index contributed by atoms with van der Waals surface area (Å²) < 4.78 is 6.18. The number of fused-ring (bicyclic) bond motifs is 1. The minimum Gasteiger partial charge on any atom is -0.459 e. The van der Waals surface area contributed by atoms with Gasteiger partial charge in [-0.05, 0) is 30.9 Å². The molecule has 2 aromatic rings. The summed E-state index contributed by atoms with van der Waals surface area (Å²) in [5.41, 5.74) is 0.875. The fraction of sp³-hybridized carbons (Fsp3) is 0.364. The van der Waals surface area contributed by atoms with Crippen molar-refractivity contribution in [2.24, 2.45) is 0 Å². The van der Waals surface area contributed by atoms with E-state index in [9.17, 15) is 4.79 Å². The molecular weight excluding hydrogens is 244 g/mol. The topological polar surface area (TPSA) is 46.5 Å². The molecule has 0 aliphatic carbocycles. The van der Waals surface area contributed by atoms with Crippen LogP contribution in [0.15, 0.2) is 11.4 Å². The number of aliphatic hydroxyl groups is 1. The highest BCUT2D eigenvalue weighted by atomic mass is 32.2. The first-order chi connectivity index (χ1) is 7.61. The first kappa shape index (κ1) is 11.6. The molecule has 16 heavy (non-hydrogen) atoms. The number of hydrogen-bond donors (Lipinski definition) is 1. The number of esters is 1. The molecule has 1 N–H and O–H groups in total. The van der Waals surface area contributed by atoms with Crippen LogP contribution in [-0.4, -0.2) is 17.2 Å². The zero-order valence-corrected chi connectivity index (χ0v) is 10.7. The monoisotopic (exact) mass is 256 g/mol. The fourth-order valence-corrected chi connectivity index (χ4v) is 3.55. The van der Waals surface area contributed by atoms with Crippen LogP contribution in [0.4, 0.5) is 0 Å². The highest BCUT2D eigenvalue weighted by Gasteiger charge is 2.15. The summed E-state index contributed by atoms with van der Waals surface area (Å²) >= 11 is 2.96. The summed E-state index contributed by atoms with van der Waals surface area (Å²) in [7, 11) is 0. The number of ether oxygens (including phenoxy) is 1. The van der Waals surface area contributed by atoms with Crippen LogP contribution in [-0.2, 0) is 11.3 Å². The van der Waals surface area contributed by atoms with Crippen LogP contribution in [0.2, 0.25) is 0 Å². The van der Waals surface area contributed by atoms with Gasteiger partial charge in [-0.1, -0.05) is 0 Å². The van der Waals surface area contributed by atoms with E-state index in [0.29, 0.717) is 4.88 Å². The summed E-state index contributed by atoms with van der Waals surface area (Å²) in [6.07, 6.45) is -0.107. The van der Waals surface area contributed by atoms with E-state index < -0.39 is 0 Å². The number of aliphatic hydroxyl groups excluding tert-OH is 1. The molecule has 5 heteroatoms. The molecule has 0 radical (unpaired) electrons. The van der Waals surface area contributed by atoms with Gasteiger partial charge in [0.05, 0.1) is 16.7 Å². The summed E-state index contributed by atoms with van der Waals surface area (Å²) in [5, 5.41) is 12.0. The Morgan fingerprint density at radius 1 is 1.56 bits per heavy atom. The van der Waals surface area contributed by atoms with Crippen LogP contribution in [0.3, 0.4) is 0 Å². The Bertz CT molecular complexity index is 510. The van der Waals surface area contributed by atoms with E-state index in [1.54, 1.807) is 17.4 Å². The maximum Gasteiger partial charge on any atom is 0.348 e. The smallest absolute Gasteiger partial charge is 0.348 e. The SMILES string of the molecule is CC(C)OC(=O)c1cc2c(CO)csc2s1. The quantitative estimate of drug-likeness (QED) is 0.859. The summed E-state index contributed by atoms with van der Waals surface area (Å²) in [6, 6.07) is 1.80. The predicted molar refractivity (Wildman–Crippen MR) is 66.2 cm³/mol. The predicted octanol–water partition coefficient (Wildman–Crippen LogP) is 3.02. The molecule has 0 aliphatic rings. The lowest BCUT2D eigenvalue weighted by atomic mass is 10.2. The second-order valence-electron chi connectivity index (χ2n) is 3.68. The minimum atomic E-state index is -0.285. The highest BCUT2D eigenvalue weighted by molar-refractivity contribution is 7.38. The minimum absolute atomic E-state index is 0.00933. The Morgan fingerprint density at radius 3 is 2.94 bits per heavy atom. The molecule has 0 amide bonds. The normalized spacial score (nSPS) is 11.2. The van der Waals surface area contributed by atoms with Gasteiger partial charge in [-0.3, -0.25) is 0 Å². The molecule has 0 atom stereocenters. The van der Waals surface area contributed by atoms with Gasteiger partial charge in [-0.25, -0.2) is 4.79 Å². The van der Waals surface area contributed by atoms with Crippen molar-refractivity contribution >= 4 is 38.0 Å². The van der Waals surface area contributed by atoms with Crippen LogP contribution in [0.5, 0.6) is 0 Å². The number of hydrogen-bond acceptors (Lipinski definition) is 5. The molecule has 0 saturated carbocycles. The number of carbonyl (C=O) groups is 1. The fourth-order valence-electron chi connectivity index (χ4n) is 1.37. The molecule has 2 heterocycles. The lowest BCUT2D eigenvalue weighted by Crippen LogP contribution is -2.09. The molecule has 0 unspecified atom stereocenters. The molecule has 2 rings (SSSR count). The second-order valence-corrected chi connectivity index (χ2v) is 5.88. The maximum absolute atomic E-state index is 11.7. The van der Waals surface area contributed by atoms with Gasteiger partial charge >= 0.3 is 5.97 Å². The van der Waals surface area contributed by atoms with Crippen LogP contribution in [0.25, 0.3) is 9.40 Å². The van der Waals surface area contributed by atoms with Crippen molar-refractivity contribution in [2.75, 3.05) is 0 Å². The zero-order valence-electron chi connectivity index (χ0n) is 9.02. The van der Waals surface area contributed by atoms with E-state index in [0.717, 1.165) is 15.0 Å². The van der Waals surface area contributed by atoms with E-state index in [4.69, 9.17) is 9.84 Å². The van der Waals surface area contributed by atoms with Crippen molar-refractivity contribution in [2.45, 2.75) is 26.6 Å². The molecule has 0 bridgehead atoms. The average Bonchev–Trinajstić information content (AvgIpc) is 2.74. The van der Waals surface area contributed by atoms with Gasteiger partial charge in [-0.15, -0.1) is 22.7 Å². The lowest BCUT2D eigenvalue weighted by molar-refractivity contribution is 0.0384. The Hall–Kier alpha value is -0.910. The van der Waals surface area contributed by atoms with Gasteiger partial charge in [0, 0.05) is 5.39 Å². The molecule has 86 valence electrons. The van der Waals surface area contributed by atoms with Gasteiger partial charge in [0.25, 0.3) is 0 Å². The third-order valence-electron chi connectivity index (χ3n) is 2.07. The molecule has 0 spiro atoms. The number of carbonyl (C=O) groups excluding carboxylic acids is 1. The first-order valence-electron chi connectivity index (χ1n) is 4.93. The maximum atomic E-state index is 11.7. The molecule has 0 aromatic carbocycles. The highest BCUT2D eigenvalue weighted by Crippen LogP contribution is 2.34. The molecule has 0 saturated heterocycles. The van der Waals surface area contributed by atoms with Gasteiger partial charge in [-0.2, -0.15) is 0 Å². The molecule has 3 nitrogen and oxygen atoms in total. The van der Waals surface area contributed by atoms with Crippen molar-refractivity contribution in [1.29, 1.82) is 0 Å². The molecule has 0 fully saturated rings. The number of thiophene rings is 2. The largest absolute Gasteiger partial charge is 0.459 e. The van der Waals surface area contributed by atoms with Gasteiger partial charge < -0.3 is 9.84 Å². The summed E-state index contributed by atoms with van der Waals surface area (Å²) in [4.78, 5) is 12.3. The third-order valence-corrected chi connectivity index (χ3v) is 4.35. The Labute approximate surface area is 101 Å². The van der Waals surface area contributed by atoms with E-state index >= 15 is 0 Å². The lowest BCUT2D eigenvalue weighted by Gasteiger charge is -2.05. The van der Waals surface area contributed by atoms with E-state index in [1.807, 2.05) is 19.2 Å². The Morgan fingerprint density at radius 2 is 2.31 bits per heavy atom. The first-order valence-corrected chi connectivity index (χ1v) is 6.63. The zero-order chi connectivity index (χ0) is 11.7. The van der Waals surface area contributed by atoms with Crippen molar-refractivity contribution in [1.82, 2.24) is 0 Å². The van der Waals surface area contributed by atoms with Gasteiger partial charge in [0.1, 0.15) is 4.88 Å². The molecule has 0 aliphatic heterocycles. The van der Waals surface area contributed by atoms with Crippen molar-refractivity contribution in [3.63, 3.8) is 0 Å². The molecular formula is C11H12O3S2. The van der Waals surface area contributed by atoms with Crippen LogP contribution < -0.4 is 0 Å². The standard InChI is InChI=1S/C11H12O3S2/c1-6(2)14-10(13)9-3-8-7(4-12)5-15-11(8)16-9/h3,5-6,12H,4H2,1-2H3. The van der Waals surface area contributed by atoms with Crippen molar-refractivity contribution < 1.29 is 14.6 Å². The Balaban J connectivity index is 2.32. The summed E-state index contributed by atoms with van der Waals surface area (Å²) in [6.45, 7) is 3.66. The second kappa shape index (κ2) is 4.53. The average molecular weight is 256 g/mol. The van der Waals surface area contributed by atoms with Crippen molar-refractivity contribution in [3.05, 3.63) is 21.9 Å². The third kappa shape index (κ3) is 2.11. The van der Waals surface area contributed by atoms with Gasteiger partial charge in [0.2, 0.25) is 0 Å². The van der Waals surface area contributed by atoms with Crippen LogP contribution in [0.1, 0.15) is 29.1 Å². The van der Waals surface area contributed by atoms with Crippen LogP contribution in [0, 0.1) is 0 Å².